The Morgan fingerprint density at radius 1 is 0.426 bits per heavy atom. The van der Waals surface area contributed by atoms with Gasteiger partial charge in [-0.05, 0) is 80.7 Å². The molecule has 1 aliphatic heterocycles. The molecule has 2 heteroatoms. The first-order valence-electron chi connectivity index (χ1n) is 23.2. The number of allylic oxidation sites excluding steroid dienone is 2. The van der Waals surface area contributed by atoms with Crippen molar-refractivity contribution in [1.82, 2.24) is 0 Å². The molecule has 0 N–H and O–H groups in total. The van der Waals surface area contributed by atoms with Crippen molar-refractivity contribution in [3.63, 3.8) is 0 Å². The molecule has 0 aromatic heterocycles. The van der Waals surface area contributed by atoms with Crippen molar-refractivity contribution in [1.29, 1.82) is 0 Å². The van der Waals surface area contributed by atoms with Crippen molar-refractivity contribution in [2.75, 3.05) is 0 Å². The van der Waals surface area contributed by atoms with Crippen LogP contribution < -0.4 is 0 Å². The number of rotatable bonds is 31. The molecule has 0 atom stereocenters. The molecule has 0 saturated carbocycles. The van der Waals surface area contributed by atoms with Crippen LogP contribution in [0.4, 0.5) is 0 Å². The van der Waals surface area contributed by atoms with Gasteiger partial charge in [-0.15, -0.1) is 11.8 Å². The monoisotopic (exact) mass is 733 g/mol. The molecule has 0 bridgehead atoms. The molecule has 1 aliphatic rings. The van der Waals surface area contributed by atoms with E-state index in [2.05, 4.69) is 88.1 Å². The SMILES string of the molecule is CCCCCCCCCCCCCCCCCCCCC#CCCc1ccccc1C1=C(CCCC)C(CCCC)=C(c2ccc(CCCC)cc2)[N+]1=[N-]. The lowest BCUT2D eigenvalue weighted by Crippen LogP contribution is -2.05. The quantitative estimate of drug-likeness (QED) is 0.0419. The number of nitrogens with zero attached hydrogens (tertiary/aromatic N) is 2. The fraction of sp³-hybridized carbons (Fsp3) is 0.654. The van der Waals surface area contributed by atoms with Crippen molar-refractivity contribution in [3.05, 3.63) is 87.5 Å². The van der Waals surface area contributed by atoms with Crippen LogP contribution in [0.5, 0.6) is 0 Å². The minimum absolute atomic E-state index is 0.862. The van der Waals surface area contributed by atoms with Gasteiger partial charge in [0.05, 0.1) is 0 Å². The number of benzene rings is 2. The fourth-order valence-corrected chi connectivity index (χ4v) is 8.14. The molecule has 2 aromatic carbocycles. The summed E-state index contributed by atoms with van der Waals surface area (Å²) in [6, 6.07) is 17.7. The normalized spacial score (nSPS) is 12.9. The summed E-state index contributed by atoms with van der Waals surface area (Å²) in [5, 5.41) is 0. The van der Waals surface area contributed by atoms with E-state index in [0.717, 1.165) is 81.2 Å². The largest absolute Gasteiger partial charge is 0.493 e. The summed E-state index contributed by atoms with van der Waals surface area (Å²) in [5.41, 5.74) is 21.7. The Morgan fingerprint density at radius 2 is 0.870 bits per heavy atom. The zero-order chi connectivity index (χ0) is 38.5. The maximum absolute atomic E-state index is 12.1. The number of aryl methyl sites for hydroxylation is 2. The molecule has 0 fully saturated rings. The Balaban J connectivity index is 1.44. The van der Waals surface area contributed by atoms with E-state index in [-0.39, 0.29) is 0 Å². The van der Waals surface area contributed by atoms with E-state index in [4.69, 9.17) is 0 Å². The summed E-state index contributed by atoms with van der Waals surface area (Å²) in [6.07, 6.45) is 38.3. The zero-order valence-electron chi connectivity index (χ0n) is 35.7. The Labute approximate surface area is 334 Å². The van der Waals surface area contributed by atoms with Crippen LogP contribution >= 0.6 is 0 Å². The molecular weight excluding hydrogens is 653 g/mol. The van der Waals surface area contributed by atoms with Gasteiger partial charge in [0.1, 0.15) is 0 Å². The van der Waals surface area contributed by atoms with Crippen LogP contribution in [0.25, 0.3) is 16.9 Å². The van der Waals surface area contributed by atoms with Crippen molar-refractivity contribution in [3.8, 4) is 11.8 Å². The van der Waals surface area contributed by atoms with E-state index >= 15 is 0 Å². The first-order valence-corrected chi connectivity index (χ1v) is 23.2. The van der Waals surface area contributed by atoms with Gasteiger partial charge < -0.3 is 5.53 Å². The lowest BCUT2D eigenvalue weighted by atomic mass is 9.90. The molecular formula is C52H80N2. The Kier molecular flexibility index (Phi) is 24.7. The summed E-state index contributed by atoms with van der Waals surface area (Å²) in [7, 11) is 0. The van der Waals surface area contributed by atoms with E-state index in [0.29, 0.717) is 0 Å². The lowest BCUT2D eigenvalue weighted by molar-refractivity contribution is -0.345. The summed E-state index contributed by atoms with van der Waals surface area (Å²) < 4.78 is 1.56. The second-order valence-corrected chi connectivity index (χ2v) is 16.2. The molecule has 0 radical (unpaired) electrons. The van der Waals surface area contributed by atoms with E-state index < -0.39 is 0 Å². The van der Waals surface area contributed by atoms with Gasteiger partial charge in [-0.3, -0.25) is 0 Å². The third kappa shape index (κ3) is 16.8. The number of hydrogen-bond acceptors (Lipinski definition) is 0. The highest BCUT2D eigenvalue weighted by atomic mass is 15.2. The first-order chi connectivity index (χ1) is 26.7. The minimum Gasteiger partial charge on any atom is -0.493 e. The van der Waals surface area contributed by atoms with Crippen LogP contribution in [0, 0.1) is 11.8 Å². The number of hydrogen-bond donors (Lipinski definition) is 0. The lowest BCUT2D eigenvalue weighted by Gasteiger charge is -2.13. The van der Waals surface area contributed by atoms with Crippen molar-refractivity contribution >= 4 is 11.4 Å². The highest BCUT2D eigenvalue weighted by Crippen LogP contribution is 2.45. The van der Waals surface area contributed by atoms with Gasteiger partial charge >= 0.3 is 0 Å². The second kappa shape index (κ2) is 29.4. The van der Waals surface area contributed by atoms with Crippen molar-refractivity contribution in [2.24, 2.45) is 0 Å². The highest BCUT2D eigenvalue weighted by Gasteiger charge is 2.35. The molecule has 2 nitrogen and oxygen atoms in total. The maximum atomic E-state index is 12.1. The van der Waals surface area contributed by atoms with Gasteiger partial charge in [-0.1, -0.05) is 186 Å². The van der Waals surface area contributed by atoms with Gasteiger partial charge in [0.15, 0.2) is 0 Å². The average Bonchev–Trinajstić information content (AvgIpc) is 3.47. The summed E-state index contributed by atoms with van der Waals surface area (Å²) in [4.78, 5) is 0. The van der Waals surface area contributed by atoms with Gasteiger partial charge in [-0.25, -0.2) is 4.70 Å². The van der Waals surface area contributed by atoms with Gasteiger partial charge in [0, 0.05) is 35.1 Å². The van der Waals surface area contributed by atoms with Crippen LogP contribution in [0.2, 0.25) is 0 Å². The van der Waals surface area contributed by atoms with Crippen molar-refractivity contribution < 1.29 is 4.70 Å². The van der Waals surface area contributed by atoms with Crippen LogP contribution in [0.3, 0.4) is 0 Å². The summed E-state index contributed by atoms with van der Waals surface area (Å²) in [5.74, 6) is 6.99. The fourth-order valence-electron chi connectivity index (χ4n) is 8.14. The van der Waals surface area contributed by atoms with E-state index in [9.17, 15) is 5.53 Å². The Hall–Kier alpha value is -2.92. The minimum atomic E-state index is 0.862. The molecule has 0 aliphatic carbocycles. The molecule has 2 aromatic rings. The molecule has 1 heterocycles. The smallest absolute Gasteiger partial charge is 0.211 e. The first kappa shape index (κ1) is 45.5. The maximum Gasteiger partial charge on any atom is 0.211 e. The van der Waals surface area contributed by atoms with Crippen molar-refractivity contribution in [2.45, 2.75) is 220 Å². The third-order valence-corrected chi connectivity index (χ3v) is 11.5. The molecule has 3 rings (SSSR count). The number of unbranched alkanes of at least 4 members (excludes halogenated alkanes) is 21. The Bertz CT molecular complexity index is 1430. The van der Waals surface area contributed by atoms with Gasteiger partial charge in [0.2, 0.25) is 11.4 Å². The zero-order valence-corrected chi connectivity index (χ0v) is 35.7. The molecule has 0 spiro atoms. The van der Waals surface area contributed by atoms with Gasteiger partial charge in [-0.2, -0.15) is 0 Å². The van der Waals surface area contributed by atoms with Crippen LogP contribution in [-0.2, 0) is 12.8 Å². The summed E-state index contributed by atoms with van der Waals surface area (Å²) in [6.45, 7) is 9.09. The predicted octanol–water partition coefficient (Wildman–Crippen LogP) is 16.9. The standard InChI is InChI=1S/C52H80N2/c1-5-9-13-14-15-16-17-18-19-20-21-22-23-24-25-26-27-28-29-30-31-32-36-46-37-33-34-40-48(46)52-50(39-12-8-4)49(38-11-7-3)51(54(52)53)47-43-41-45(42-44-47)35-10-6-2/h33-34,37,40-44H,5-29,32,35-36,38-39H2,1-4H3. The van der Waals surface area contributed by atoms with Crippen LogP contribution in [0.1, 0.15) is 230 Å². The summed E-state index contributed by atoms with van der Waals surface area (Å²) >= 11 is 0. The van der Waals surface area contributed by atoms with Crippen LogP contribution in [0.15, 0.2) is 59.7 Å². The van der Waals surface area contributed by atoms with E-state index in [1.807, 2.05) is 0 Å². The van der Waals surface area contributed by atoms with E-state index in [1.54, 1.807) is 4.70 Å². The molecule has 298 valence electrons. The molecule has 0 saturated heterocycles. The Morgan fingerprint density at radius 3 is 1.41 bits per heavy atom. The molecule has 0 amide bonds. The predicted molar refractivity (Wildman–Crippen MR) is 237 cm³/mol. The second-order valence-electron chi connectivity index (χ2n) is 16.2. The highest BCUT2D eigenvalue weighted by molar-refractivity contribution is 5.82. The third-order valence-electron chi connectivity index (χ3n) is 11.5. The molecule has 54 heavy (non-hydrogen) atoms. The van der Waals surface area contributed by atoms with E-state index in [1.165, 1.54) is 156 Å². The average molecular weight is 733 g/mol. The van der Waals surface area contributed by atoms with Crippen LogP contribution in [-0.4, -0.2) is 4.70 Å². The van der Waals surface area contributed by atoms with Gasteiger partial charge in [0.25, 0.3) is 0 Å². The molecule has 0 unspecified atom stereocenters. The topological polar surface area (TPSA) is 25.3 Å².